The highest BCUT2D eigenvalue weighted by Gasteiger charge is 2.22. The van der Waals surface area contributed by atoms with Crippen LogP contribution in [0.15, 0.2) is 24.3 Å². The van der Waals surface area contributed by atoms with E-state index < -0.39 is 12.3 Å². The quantitative estimate of drug-likeness (QED) is 0.715. The summed E-state index contributed by atoms with van der Waals surface area (Å²) in [5.74, 6) is -0.113. The van der Waals surface area contributed by atoms with Gasteiger partial charge in [-0.05, 0) is 0 Å². The Hall–Kier alpha value is -1.98. The second-order valence-corrected chi connectivity index (χ2v) is 3.63. The molecule has 0 saturated heterocycles. The first-order valence-corrected chi connectivity index (χ1v) is 5.44. The molecule has 0 radical (unpaired) electrons. The van der Waals surface area contributed by atoms with Crippen LogP contribution in [0.5, 0.6) is 0 Å². The Morgan fingerprint density at radius 3 is 1.61 bits per heavy atom. The van der Waals surface area contributed by atoms with Gasteiger partial charge in [-0.25, -0.2) is 9.59 Å². The molecule has 0 saturated carbocycles. The molecule has 6 heteroatoms. The van der Waals surface area contributed by atoms with Gasteiger partial charge in [0.05, 0.1) is 14.2 Å². The summed E-state index contributed by atoms with van der Waals surface area (Å²) in [7, 11) is 2.49. The molecule has 0 amide bonds. The minimum Gasteiger partial charge on any atom is -0.438 e. The molecule has 6 nitrogen and oxygen atoms in total. The number of methoxy groups -OCH3 is 2. The lowest BCUT2D eigenvalue weighted by Gasteiger charge is -2.22. The summed E-state index contributed by atoms with van der Waals surface area (Å²) in [4.78, 5) is 21.8. The van der Waals surface area contributed by atoms with Crippen LogP contribution in [0, 0.1) is 11.8 Å². The Morgan fingerprint density at radius 1 is 0.889 bits per heavy atom. The Bertz CT molecular complexity index is 312. The number of ether oxygens (including phenoxy) is 4. The Kier molecular flexibility index (Phi) is 5.76. The van der Waals surface area contributed by atoms with Crippen LogP contribution in [0.4, 0.5) is 9.59 Å². The van der Waals surface area contributed by atoms with Crippen LogP contribution in [-0.2, 0) is 18.9 Å². The van der Waals surface area contributed by atoms with Gasteiger partial charge in [0, 0.05) is 11.8 Å². The molecular weight excluding hydrogens is 240 g/mol. The lowest BCUT2D eigenvalue weighted by atomic mass is 9.90. The average molecular weight is 256 g/mol. The van der Waals surface area contributed by atoms with Gasteiger partial charge in [-0.3, -0.25) is 0 Å². The van der Waals surface area contributed by atoms with Gasteiger partial charge in [0.1, 0.15) is 13.2 Å². The zero-order chi connectivity index (χ0) is 13.4. The summed E-state index contributed by atoms with van der Waals surface area (Å²) in [5.41, 5.74) is 0. The highest BCUT2D eigenvalue weighted by molar-refractivity contribution is 5.60. The summed E-state index contributed by atoms with van der Waals surface area (Å²) in [6, 6.07) is 0. The van der Waals surface area contributed by atoms with Crippen LogP contribution in [0.2, 0.25) is 0 Å². The lowest BCUT2D eigenvalue weighted by Crippen LogP contribution is -2.25. The third-order valence-electron chi connectivity index (χ3n) is 2.50. The second-order valence-electron chi connectivity index (χ2n) is 3.63. The maximum atomic E-state index is 10.9. The SMILES string of the molecule is COC(=O)OC[C@H]1C=CC=C[C@H]1COC(=O)OC. The lowest BCUT2D eigenvalue weighted by molar-refractivity contribution is 0.0408. The second kappa shape index (κ2) is 7.37. The zero-order valence-corrected chi connectivity index (χ0v) is 10.3. The molecule has 0 N–H and O–H groups in total. The largest absolute Gasteiger partial charge is 0.507 e. The fraction of sp³-hybridized carbons (Fsp3) is 0.500. The smallest absolute Gasteiger partial charge is 0.438 e. The van der Waals surface area contributed by atoms with Crippen molar-refractivity contribution in [2.45, 2.75) is 0 Å². The van der Waals surface area contributed by atoms with Gasteiger partial charge in [0.25, 0.3) is 0 Å². The first-order chi connectivity index (χ1) is 8.67. The Balaban J connectivity index is 2.43. The topological polar surface area (TPSA) is 71.1 Å². The molecule has 1 rings (SSSR count). The number of allylic oxidation sites excluding steroid dienone is 2. The molecule has 1 aliphatic carbocycles. The van der Waals surface area contributed by atoms with Crippen LogP contribution in [-0.4, -0.2) is 39.7 Å². The minimum atomic E-state index is -0.731. The van der Waals surface area contributed by atoms with Crippen molar-refractivity contribution in [3.05, 3.63) is 24.3 Å². The first-order valence-electron chi connectivity index (χ1n) is 5.44. The van der Waals surface area contributed by atoms with Gasteiger partial charge in [-0.15, -0.1) is 0 Å². The van der Waals surface area contributed by atoms with Crippen molar-refractivity contribution in [1.82, 2.24) is 0 Å². The summed E-state index contributed by atoms with van der Waals surface area (Å²) in [6.45, 7) is 0.339. The highest BCUT2D eigenvalue weighted by atomic mass is 16.7. The van der Waals surface area contributed by atoms with Gasteiger partial charge in [0.15, 0.2) is 0 Å². The van der Waals surface area contributed by atoms with Gasteiger partial charge in [-0.1, -0.05) is 24.3 Å². The molecule has 0 fully saturated rings. The van der Waals surface area contributed by atoms with Crippen molar-refractivity contribution < 1.29 is 28.5 Å². The van der Waals surface area contributed by atoms with E-state index in [4.69, 9.17) is 9.47 Å². The Labute approximate surface area is 105 Å². The molecule has 0 unspecified atom stereocenters. The first kappa shape index (κ1) is 14.1. The molecule has 18 heavy (non-hydrogen) atoms. The van der Waals surface area contributed by atoms with E-state index in [1.807, 2.05) is 24.3 Å². The van der Waals surface area contributed by atoms with Crippen LogP contribution in [0.1, 0.15) is 0 Å². The molecule has 1 aliphatic rings. The standard InChI is InChI=1S/C12H16O6/c1-15-11(13)17-7-9-5-3-4-6-10(9)8-18-12(14)16-2/h3-6,9-10H,7-8H2,1-2H3/t9-,10+. The van der Waals surface area contributed by atoms with Gasteiger partial charge in [0.2, 0.25) is 0 Å². The van der Waals surface area contributed by atoms with E-state index in [0.717, 1.165) is 0 Å². The van der Waals surface area contributed by atoms with Crippen molar-refractivity contribution in [3.63, 3.8) is 0 Å². The predicted molar refractivity (Wildman–Crippen MR) is 62.0 cm³/mol. The summed E-state index contributed by atoms with van der Waals surface area (Å²) in [5, 5.41) is 0. The van der Waals surface area contributed by atoms with Crippen LogP contribution >= 0.6 is 0 Å². The van der Waals surface area contributed by atoms with E-state index in [0.29, 0.717) is 0 Å². The highest BCUT2D eigenvalue weighted by Crippen LogP contribution is 2.20. The van der Waals surface area contributed by atoms with Crippen LogP contribution in [0.25, 0.3) is 0 Å². The van der Waals surface area contributed by atoms with Crippen molar-refractivity contribution in [2.24, 2.45) is 11.8 Å². The molecule has 0 heterocycles. The van der Waals surface area contributed by atoms with Crippen LogP contribution < -0.4 is 0 Å². The summed E-state index contributed by atoms with van der Waals surface area (Å²) < 4.78 is 18.5. The fourth-order valence-corrected chi connectivity index (χ4v) is 1.50. The molecule has 0 bridgehead atoms. The predicted octanol–water partition coefficient (Wildman–Crippen LogP) is 1.91. The van der Waals surface area contributed by atoms with Crippen LogP contribution in [0.3, 0.4) is 0 Å². The number of hydrogen-bond acceptors (Lipinski definition) is 6. The molecule has 0 aromatic carbocycles. The normalized spacial score (nSPS) is 21.2. The van der Waals surface area contributed by atoms with Crippen molar-refractivity contribution in [2.75, 3.05) is 27.4 Å². The van der Waals surface area contributed by atoms with Gasteiger partial charge >= 0.3 is 12.3 Å². The molecule has 100 valence electrons. The molecule has 0 aliphatic heterocycles. The van der Waals surface area contributed by atoms with Gasteiger partial charge < -0.3 is 18.9 Å². The van der Waals surface area contributed by atoms with Crippen molar-refractivity contribution in [3.8, 4) is 0 Å². The molecular formula is C12H16O6. The number of carbonyl (C=O) groups is 2. The number of hydrogen-bond donors (Lipinski definition) is 0. The average Bonchev–Trinajstić information content (AvgIpc) is 2.42. The monoisotopic (exact) mass is 256 g/mol. The van der Waals surface area contributed by atoms with E-state index in [2.05, 4.69) is 9.47 Å². The number of rotatable bonds is 4. The van der Waals surface area contributed by atoms with Crippen molar-refractivity contribution >= 4 is 12.3 Å². The fourth-order valence-electron chi connectivity index (χ4n) is 1.50. The maximum absolute atomic E-state index is 10.9. The third-order valence-corrected chi connectivity index (χ3v) is 2.50. The van der Waals surface area contributed by atoms with E-state index in [1.165, 1.54) is 14.2 Å². The van der Waals surface area contributed by atoms with Crippen molar-refractivity contribution in [1.29, 1.82) is 0 Å². The van der Waals surface area contributed by atoms with Gasteiger partial charge in [-0.2, -0.15) is 0 Å². The molecule has 0 aromatic heterocycles. The van der Waals surface area contributed by atoms with E-state index in [9.17, 15) is 9.59 Å². The van der Waals surface area contributed by atoms with E-state index in [1.54, 1.807) is 0 Å². The van der Waals surface area contributed by atoms with E-state index >= 15 is 0 Å². The maximum Gasteiger partial charge on any atom is 0.507 e. The molecule has 2 atom stereocenters. The summed E-state index contributed by atoms with van der Waals surface area (Å²) in [6.07, 6.45) is 6.00. The summed E-state index contributed by atoms with van der Waals surface area (Å²) >= 11 is 0. The Morgan fingerprint density at radius 2 is 1.28 bits per heavy atom. The molecule has 0 spiro atoms. The van der Waals surface area contributed by atoms with E-state index in [-0.39, 0.29) is 25.0 Å². The minimum absolute atomic E-state index is 0.0567. The number of carbonyl (C=O) groups excluding carboxylic acids is 2. The zero-order valence-electron chi connectivity index (χ0n) is 10.3. The third kappa shape index (κ3) is 4.48. The molecule has 0 aromatic rings.